The molecule has 0 N–H and O–H groups in total. The second-order valence-corrected chi connectivity index (χ2v) is 14.8. The van der Waals surface area contributed by atoms with E-state index < -0.39 is 8.32 Å². The highest BCUT2D eigenvalue weighted by Crippen LogP contribution is 2.60. The van der Waals surface area contributed by atoms with Crippen molar-refractivity contribution in [2.75, 3.05) is 0 Å². The van der Waals surface area contributed by atoms with Crippen LogP contribution in [0.25, 0.3) is 0 Å². The fraction of sp³-hybridized carbons (Fsp3) is 0.773. The number of carbonyl (C=O) groups excluding carboxylic acids is 1. The summed E-state index contributed by atoms with van der Waals surface area (Å²) in [6.45, 7) is 17.9. The third kappa shape index (κ3) is 2.92. The van der Waals surface area contributed by atoms with Crippen LogP contribution < -0.4 is 0 Å². The average Bonchev–Trinajstić information content (AvgIpc) is 2.77. The quantitative estimate of drug-likeness (QED) is 0.443. The van der Waals surface area contributed by atoms with Crippen LogP contribution in [0.2, 0.25) is 18.1 Å². The Balaban J connectivity index is 1.85. The molecule has 25 heavy (non-hydrogen) atoms. The van der Waals surface area contributed by atoms with Crippen LogP contribution in [-0.2, 0) is 9.22 Å². The highest BCUT2D eigenvalue weighted by Gasteiger charge is 2.54. The Morgan fingerprint density at radius 1 is 1.24 bits per heavy atom. The van der Waals surface area contributed by atoms with Gasteiger partial charge in [0.2, 0.25) is 0 Å². The van der Waals surface area contributed by atoms with Crippen molar-refractivity contribution < 1.29 is 9.22 Å². The zero-order chi connectivity index (χ0) is 18.6. The van der Waals surface area contributed by atoms with Gasteiger partial charge in [0.15, 0.2) is 8.32 Å². The van der Waals surface area contributed by atoms with Crippen LogP contribution in [0.1, 0.15) is 72.6 Å². The van der Waals surface area contributed by atoms with Gasteiger partial charge >= 0.3 is 0 Å². The van der Waals surface area contributed by atoms with Crippen LogP contribution in [0.3, 0.4) is 0 Å². The van der Waals surface area contributed by atoms with E-state index in [-0.39, 0.29) is 10.5 Å². The van der Waals surface area contributed by atoms with Gasteiger partial charge in [-0.2, -0.15) is 0 Å². The third-order valence-electron chi connectivity index (χ3n) is 7.62. The summed E-state index contributed by atoms with van der Waals surface area (Å²) in [6, 6.07) is 0. The highest BCUT2D eigenvalue weighted by molar-refractivity contribution is 6.74. The van der Waals surface area contributed by atoms with Gasteiger partial charge < -0.3 is 4.43 Å². The molecular formula is C22H36O2Si. The van der Waals surface area contributed by atoms with Crippen molar-refractivity contribution in [3.63, 3.8) is 0 Å². The lowest BCUT2D eigenvalue weighted by Crippen LogP contribution is -2.45. The summed E-state index contributed by atoms with van der Waals surface area (Å²) < 4.78 is 6.74. The zero-order valence-electron chi connectivity index (χ0n) is 17.1. The van der Waals surface area contributed by atoms with Crippen LogP contribution in [0.5, 0.6) is 0 Å². The van der Waals surface area contributed by atoms with Crippen LogP contribution >= 0.6 is 0 Å². The first kappa shape index (κ1) is 19.1. The van der Waals surface area contributed by atoms with E-state index in [4.69, 9.17) is 4.43 Å². The minimum atomic E-state index is -1.75. The molecule has 0 aromatic heterocycles. The normalized spacial score (nSPS) is 33.3. The van der Waals surface area contributed by atoms with Crippen molar-refractivity contribution in [1.29, 1.82) is 0 Å². The van der Waals surface area contributed by atoms with Gasteiger partial charge in [-0.15, -0.1) is 0 Å². The molecule has 2 saturated carbocycles. The maximum atomic E-state index is 12.7. The predicted molar refractivity (Wildman–Crippen MR) is 107 cm³/mol. The number of rotatable bonds is 3. The fourth-order valence-electron chi connectivity index (χ4n) is 5.19. The molecule has 0 heterocycles. The highest BCUT2D eigenvalue weighted by atomic mass is 28.4. The lowest BCUT2D eigenvalue weighted by molar-refractivity contribution is -0.123. The number of allylic oxidation sites excluding steroid dienone is 3. The summed E-state index contributed by atoms with van der Waals surface area (Å²) in [5.41, 5.74) is 3.92. The molecular weight excluding hydrogens is 324 g/mol. The Kier molecular flexibility index (Phi) is 4.73. The topological polar surface area (TPSA) is 26.3 Å². The molecule has 0 aromatic rings. The van der Waals surface area contributed by atoms with Gasteiger partial charge in [-0.3, -0.25) is 4.79 Å². The number of Topliss-reactive ketones (excluding diaryl/α,β-unsaturated/α-hetero) is 1. The molecule has 3 heteroatoms. The van der Waals surface area contributed by atoms with Crippen LogP contribution in [0.15, 0.2) is 23.3 Å². The fourth-order valence-corrected chi connectivity index (χ4v) is 6.59. The van der Waals surface area contributed by atoms with E-state index in [1.54, 1.807) is 12.5 Å². The molecule has 0 aliphatic heterocycles. The molecule has 3 aliphatic carbocycles. The lowest BCUT2D eigenvalue weighted by atomic mass is 9.66. The van der Waals surface area contributed by atoms with Crippen molar-refractivity contribution in [3.05, 3.63) is 23.3 Å². The molecule has 3 aliphatic rings. The molecule has 3 atom stereocenters. The molecule has 0 amide bonds. The first-order valence-electron chi connectivity index (χ1n) is 10.1. The van der Waals surface area contributed by atoms with E-state index in [0.29, 0.717) is 17.8 Å². The predicted octanol–water partition coefficient (Wildman–Crippen LogP) is 6.19. The third-order valence-corrected chi connectivity index (χ3v) is 12.2. The van der Waals surface area contributed by atoms with Crippen molar-refractivity contribution in [3.8, 4) is 0 Å². The van der Waals surface area contributed by atoms with Crippen molar-refractivity contribution >= 4 is 14.1 Å². The molecule has 3 rings (SSSR count). The number of hydrogen-bond acceptors (Lipinski definition) is 2. The zero-order valence-corrected chi connectivity index (χ0v) is 18.1. The Morgan fingerprint density at radius 3 is 2.52 bits per heavy atom. The molecule has 0 aromatic carbocycles. The summed E-state index contributed by atoms with van der Waals surface area (Å²) in [6.07, 6.45) is 8.08. The molecule has 0 spiro atoms. The maximum absolute atomic E-state index is 12.7. The SMILES string of the molecule is C=C1[C@H]2C[C@@H](O[Si](C)(C)C(C)(C)C)CCC2=C2CCCC[C@@]12C(C)=O. The Bertz CT molecular complexity index is 622. The summed E-state index contributed by atoms with van der Waals surface area (Å²) >= 11 is 0. The summed E-state index contributed by atoms with van der Waals surface area (Å²) in [5.74, 6) is 0.719. The van der Waals surface area contributed by atoms with Crippen LogP contribution in [0.4, 0.5) is 0 Å². The minimum Gasteiger partial charge on any atom is -0.414 e. The molecule has 0 unspecified atom stereocenters. The van der Waals surface area contributed by atoms with Gasteiger partial charge in [-0.25, -0.2) is 0 Å². The summed E-state index contributed by atoms with van der Waals surface area (Å²) in [7, 11) is -1.75. The van der Waals surface area contributed by atoms with Gasteiger partial charge in [0, 0.05) is 12.0 Å². The monoisotopic (exact) mass is 360 g/mol. The Morgan fingerprint density at radius 2 is 1.92 bits per heavy atom. The first-order chi connectivity index (χ1) is 11.5. The number of carbonyl (C=O) groups is 1. The molecule has 0 saturated heterocycles. The molecule has 140 valence electrons. The van der Waals surface area contributed by atoms with E-state index in [1.807, 2.05) is 0 Å². The standard InChI is InChI=1S/C22H36O2Si/c1-15-19-14-17(24-25(6,7)21(3,4)5)11-12-18(19)20-10-8-9-13-22(15,20)16(2)23/h17,19H,1,8-14H2,2-7H3/t17-,19+,22-/m0/s1. The number of ketones is 1. The van der Waals surface area contributed by atoms with Crippen LogP contribution in [-0.4, -0.2) is 20.2 Å². The summed E-state index contributed by atoms with van der Waals surface area (Å²) in [5, 5.41) is 0.243. The number of fused-ring (bicyclic) bond motifs is 2. The van der Waals surface area contributed by atoms with Crippen molar-refractivity contribution in [2.24, 2.45) is 11.3 Å². The molecule has 0 bridgehead atoms. The van der Waals surface area contributed by atoms with E-state index in [9.17, 15) is 4.79 Å². The van der Waals surface area contributed by atoms with Crippen LogP contribution in [0, 0.1) is 11.3 Å². The van der Waals surface area contributed by atoms with E-state index in [1.165, 1.54) is 17.6 Å². The maximum Gasteiger partial charge on any atom is 0.192 e. The smallest absolute Gasteiger partial charge is 0.192 e. The van der Waals surface area contributed by atoms with Gasteiger partial charge in [-0.1, -0.05) is 50.5 Å². The average molecular weight is 361 g/mol. The van der Waals surface area contributed by atoms with Gasteiger partial charge in [0.25, 0.3) is 0 Å². The largest absolute Gasteiger partial charge is 0.414 e. The lowest BCUT2D eigenvalue weighted by Gasteiger charge is -2.42. The first-order valence-corrected chi connectivity index (χ1v) is 13.0. The van der Waals surface area contributed by atoms with E-state index in [0.717, 1.165) is 38.5 Å². The minimum absolute atomic E-state index is 0.243. The van der Waals surface area contributed by atoms with Gasteiger partial charge in [0.05, 0.1) is 5.41 Å². The molecule has 2 fully saturated rings. The Hall–Kier alpha value is -0.673. The second-order valence-electron chi connectivity index (χ2n) is 10.0. The van der Waals surface area contributed by atoms with E-state index in [2.05, 4.69) is 40.4 Å². The van der Waals surface area contributed by atoms with Gasteiger partial charge in [0.1, 0.15) is 5.78 Å². The number of hydrogen-bond donors (Lipinski definition) is 0. The Labute approximate surface area is 155 Å². The summed E-state index contributed by atoms with van der Waals surface area (Å²) in [4.78, 5) is 12.7. The van der Waals surface area contributed by atoms with Crippen molar-refractivity contribution in [2.45, 2.75) is 96.9 Å². The molecule has 2 nitrogen and oxygen atoms in total. The van der Waals surface area contributed by atoms with E-state index >= 15 is 0 Å². The van der Waals surface area contributed by atoms with Gasteiger partial charge in [-0.05, 0) is 63.6 Å². The molecule has 0 radical (unpaired) electrons. The van der Waals surface area contributed by atoms with Crippen molar-refractivity contribution in [1.82, 2.24) is 0 Å². The second kappa shape index (κ2) is 6.19.